The fraction of sp³-hybridized carbons (Fsp3) is 0. The average Bonchev–Trinajstić information content (AvgIpc) is 3.43. The van der Waals surface area contributed by atoms with Crippen molar-refractivity contribution in [3.63, 3.8) is 0 Å². The van der Waals surface area contributed by atoms with Crippen molar-refractivity contribution in [1.29, 1.82) is 0 Å². The van der Waals surface area contributed by atoms with Crippen LogP contribution in [-0.4, -0.2) is 54.2 Å². The van der Waals surface area contributed by atoms with Crippen molar-refractivity contribution >= 4 is 88.5 Å². The van der Waals surface area contributed by atoms with Crippen LogP contribution in [0.25, 0.3) is 67.2 Å². The van der Waals surface area contributed by atoms with Gasteiger partial charge in [0.2, 0.25) is 0 Å². The predicted octanol–water partition coefficient (Wildman–Crippen LogP) is -0.269. The number of nitrogens with zero attached hydrogens (tertiary/aromatic N) is 3. The molecule has 7 aromatic rings. The fourth-order valence-electron chi connectivity index (χ4n) is 6.07. The lowest BCUT2D eigenvalue weighted by molar-refractivity contribution is 0.669. The van der Waals surface area contributed by atoms with Gasteiger partial charge >= 0.3 is 0 Å². The van der Waals surface area contributed by atoms with Gasteiger partial charge in [0, 0.05) is 21.9 Å². The maximum absolute atomic E-state index is 6.65. The molecule has 0 saturated carbocycles. The molecule has 0 aliphatic heterocycles. The summed E-state index contributed by atoms with van der Waals surface area (Å²) in [5.74, 6) is 1.85. The van der Waals surface area contributed by atoms with Crippen LogP contribution in [0, 0.1) is 0 Å². The lowest BCUT2D eigenvalue weighted by Gasteiger charge is -2.21. The van der Waals surface area contributed by atoms with Crippen molar-refractivity contribution in [1.82, 2.24) is 15.0 Å². The average molecular weight is 535 g/mol. The van der Waals surface area contributed by atoms with Gasteiger partial charge in [-0.3, -0.25) is 0 Å². The van der Waals surface area contributed by atoms with Crippen molar-refractivity contribution in [2.45, 2.75) is 0 Å². The summed E-state index contributed by atoms with van der Waals surface area (Å²) >= 11 is 0. The van der Waals surface area contributed by atoms with Crippen molar-refractivity contribution < 1.29 is 4.42 Å². The first kappa shape index (κ1) is 26.2. The summed E-state index contributed by atoms with van der Waals surface area (Å²) in [7, 11) is 11.1. The molecule has 194 valence electrons. The van der Waals surface area contributed by atoms with E-state index in [9.17, 15) is 0 Å². The van der Waals surface area contributed by atoms with Gasteiger partial charge in [-0.2, -0.15) is 0 Å². The molecule has 0 spiro atoms. The Morgan fingerprint density at radius 2 is 0.952 bits per heavy atom. The van der Waals surface area contributed by atoms with Crippen molar-refractivity contribution in [2.75, 3.05) is 0 Å². The Morgan fingerprint density at radius 1 is 0.452 bits per heavy atom. The smallest absolute Gasteiger partial charge is 0.167 e. The SMILES string of the molecule is Bc1c(B)c(B)c(-c2cccc3oc4c(-c5nc(-c6ccccc6)nc(-c6ccccc6)n5)cccc4c23)c(B)c1B. The van der Waals surface area contributed by atoms with Crippen LogP contribution in [0.5, 0.6) is 0 Å². The molecule has 0 aliphatic rings. The van der Waals surface area contributed by atoms with E-state index in [1.165, 1.54) is 38.4 Å². The quantitative estimate of drug-likeness (QED) is 0.292. The first-order chi connectivity index (χ1) is 20.4. The minimum Gasteiger partial charge on any atom is -0.455 e. The molecule has 9 heteroatoms. The van der Waals surface area contributed by atoms with Crippen molar-refractivity contribution in [3.8, 4) is 45.3 Å². The lowest BCUT2D eigenvalue weighted by atomic mass is 9.59. The summed E-state index contributed by atoms with van der Waals surface area (Å²) in [4.78, 5) is 14.8. The van der Waals surface area contributed by atoms with Crippen LogP contribution in [0.1, 0.15) is 0 Å². The molecule has 0 bridgehead atoms. The van der Waals surface area contributed by atoms with E-state index in [1.807, 2.05) is 66.7 Å². The van der Waals surface area contributed by atoms with E-state index < -0.39 is 0 Å². The summed E-state index contributed by atoms with van der Waals surface area (Å²) in [5.41, 5.74) is 13.5. The Kier molecular flexibility index (Phi) is 6.39. The summed E-state index contributed by atoms with van der Waals surface area (Å²) in [5, 5.41) is 2.17. The minimum atomic E-state index is 0.586. The predicted molar refractivity (Wildman–Crippen MR) is 190 cm³/mol. The zero-order chi connectivity index (χ0) is 29.0. The number of benzene rings is 5. The van der Waals surface area contributed by atoms with E-state index in [2.05, 4.69) is 69.6 Å². The number of rotatable bonds is 4. The van der Waals surface area contributed by atoms with Gasteiger partial charge in [-0.05, 0) is 23.3 Å². The van der Waals surface area contributed by atoms with Gasteiger partial charge in [-0.1, -0.05) is 95.9 Å². The number of fused-ring (bicyclic) bond motifs is 3. The highest BCUT2D eigenvalue weighted by molar-refractivity contribution is 6.68. The summed E-state index contributed by atoms with van der Waals surface area (Å²) in [6.45, 7) is 0. The molecule has 0 amide bonds. The second-order valence-corrected chi connectivity index (χ2v) is 11.0. The third-order valence-electron chi connectivity index (χ3n) is 8.73. The van der Waals surface area contributed by atoms with E-state index >= 15 is 0 Å². The molecule has 0 saturated heterocycles. The number of hydrogen-bond acceptors (Lipinski definition) is 4. The molecule has 0 N–H and O–H groups in total. The molecule has 7 rings (SSSR count). The highest BCUT2D eigenvalue weighted by atomic mass is 16.3. The van der Waals surface area contributed by atoms with Gasteiger partial charge in [0.05, 0.1) is 5.56 Å². The zero-order valence-electron chi connectivity index (χ0n) is 24.5. The molecule has 0 unspecified atom stereocenters. The molecule has 0 aliphatic carbocycles. The molecule has 2 heterocycles. The highest BCUT2D eigenvalue weighted by Gasteiger charge is 2.21. The molecule has 42 heavy (non-hydrogen) atoms. The van der Waals surface area contributed by atoms with Gasteiger partial charge in [-0.15, -0.1) is 16.4 Å². The van der Waals surface area contributed by atoms with Crippen LogP contribution in [0.4, 0.5) is 0 Å². The standard InChI is InChI=1S/C33H26B5N3O/c34-25-24(26(35)28(37)29(38)27(25)36)19-13-8-16-22-23(19)20-14-7-15-21(30(20)42-22)33-40-31(17-9-3-1-4-10-17)39-32(41-33)18-11-5-2-6-12-18/h1-16H,34-38H2. The Morgan fingerprint density at radius 3 is 1.55 bits per heavy atom. The summed E-state index contributed by atoms with van der Waals surface area (Å²) < 4.78 is 6.65. The monoisotopic (exact) mass is 535 g/mol. The number of aromatic nitrogens is 3. The van der Waals surface area contributed by atoms with Crippen LogP contribution in [0.15, 0.2) is 101 Å². The molecule has 0 radical (unpaired) electrons. The lowest BCUT2D eigenvalue weighted by Crippen LogP contribution is -2.55. The van der Waals surface area contributed by atoms with Gasteiger partial charge in [0.25, 0.3) is 0 Å². The van der Waals surface area contributed by atoms with E-state index in [0.717, 1.165) is 38.6 Å². The zero-order valence-corrected chi connectivity index (χ0v) is 24.5. The molecule has 5 aromatic carbocycles. The molecular formula is C33H26B5N3O. The maximum atomic E-state index is 6.65. The summed E-state index contributed by atoms with van der Waals surface area (Å²) in [6.07, 6.45) is 0. The fourth-order valence-corrected chi connectivity index (χ4v) is 6.07. The van der Waals surface area contributed by atoms with E-state index in [-0.39, 0.29) is 0 Å². The highest BCUT2D eigenvalue weighted by Crippen LogP contribution is 2.39. The first-order valence-electron chi connectivity index (χ1n) is 14.3. The van der Waals surface area contributed by atoms with Crippen LogP contribution in [-0.2, 0) is 0 Å². The van der Waals surface area contributed by atoms with Gasteiger partial charge in [0.15, 0.2) is 17.5 Å². The van der Waals surface area contributed by atoms with Crippen molar-refractivity contribution in [2.24, 2.45) is 0 Å². The molecule has 2 aromatic heterocycles. The van der Waals surface area contributed by atoms with Crippen LogP contribution in [0.2, 0.25) is 0 Å². The Hall–Kier alpha value is -4.77. The Bertz CT molecular complexity index is 2060. The van der Waals surface area contributed by atoms with Gasteiger partial charge < -0.3 is 4.42 Å². The third kappa shape index (κ3) is 4.19. The molecule has 0 fully saturated rings. The van der Waals surface area contributed by atoms with Crippen LogP contribution >= 0.6 is 0 Å². The third-order valence-corrected chi connectivity index (χ3v) is 8.73. The van der Waals surface area contributed by atoms with Gasteiger partial charge in [0.1, 0.15) is 50.4 Å². The number of para-hydroxylation sites is 1. The second kappa shape index (κ2) is 10.3. The normalized spacial score (nSPS) is 11.3. The minimum absolute atomic E-state index is 0.586. The second-order valence-electron chi connectivity index (χ2n) is 11.0. The van der Waals surface area contributed by atoms with Gasteiger partial charge in [-0.25, -0.2) is 15.0 Å². The largest absolute Gasteiger partial charge is 0.455 e. The van der Waals surface area contributed by atoms with Crippen molar-refractivity contribution in [3.05, 3.63) is 97.1 Å². The Balaban J connectivity index is 1.51. The van der Waals surface area contributed by atoms with E-state index in [0.29, 0.717) is 17.5 Å². The van der Waals surface area contributed by atoms with E-state index in [4.69, 9.17) is 19.4 Å². The van der Waals surface area contributed by atoms with Crippen LogP contribution in [0.3, 0.4) is 0 Å². The maximum Gasteiger partial charge on any atom is 0.167 e. The number of furan rings is 1. The topological polar surface area (TPSA) is 51.8 Å². The molecular weight excluding hydrogens is 508 g/mol. The molecule has 0 atom stereocenters. The Labute approximate surface area is 249 Å². The molecule has 4 nitrogen and oxygen atoms in total. The summed E-state index contributed by atoms with van der Waals surface area (Å²) in [6, 6.07) is 32.7. The first-order valence-corrected chi connectivity index (χ1v) is 14.3. The van der Waals surface area contributed by atoms with E-state index in [1.54, 1.807) is 0 Å². The van der Waals surface area contributed by atoms with Crippen LogP contribution < -0.4 is 27.3 Å². The number of hydrogen-bond donors (Lipinski definition) is 0.